The Kier molecular flexibility index (Phi) is 3.58. The largest absolute Gasteiger partial charge is 0.0836 e. The quantitative estimate of drug-likeness (QED) is 0.535. The van der Waals surface area contributed by atoms with E-state index in [-0.39, 0.29) is 0 Å². The van der Waals surface area contributed by atoms with Crippen LogP contribution in [0.4, 0.5) is 0 Å². The van der Waals surface area contributed by atoms with E-state index >= 15 is 0 Å². The van der Waals surface area contributed by atoms with Crippen molar-refractivity contribution in [3.05, 3.63) is 64.7 Å². The van der Waals surface area contributed by atoms with Crippen LogP contribution in [0.2, 0.25) is 0 Å². The molecule has 5 rings (SSSR count). The lowest BCUT2D eigenvalue weighted by Crippen LogP contribution is -2.08. The van der Waals surface area contributed by atoms with Gasteiger partial charge in [0.05, 0.1) is 0 Å². The Bertz CT molecular complexity index is 844. The van der Waals surface area contributed by atoms with Crippen molar-refractivity contribution < 1.29 is 0 Å². The molecule has 0 unspecified atom stereocenters. The second kappa shape index (κ2) is 5.92. The molecule has 2 aromatic carbocycles. The van der Waals surface area contributed by atoms with E-state index in [1.54, 1.807) is 16.7 Å². The van der Waals surface area contributed by atoms with E-state index in [0.29, 0.717) is 0 Å². The van der Waals surface area contributed by atoms with E-state index in [1.807, 2.05) is 0 Å². The van der Waals surface area contributed by atoms with Crippen molar-refractivity contribution in [3.8, 4) is 0 Å². The molecule has 122 valence electrons. The highest BCUT2D eigenvalue weighted by atomic mass is 14.3. The number of hydrogen-bond acceptors (Lipinski definition) is 0. The van der Waals surface area contributed by atoms with E-state index in [9.17, 15) is 0 Å². The maximum Gasteiger partial charge on any atom is -0.0145 e. The molecule has 3 aliphatic carbocycles. The number of hydrogen-bond donors (Lipinski definition) is 0. The zero-order valence-corrected chi connectivity index (χ0v) is 14.5. The highest BCUT2D eigenvalue weighted by molar-refractivity contribution is 5.94. The van der Waals surface area contributed by atoms with Crippen LogP contribution >= 0.6 is 0 Å². The van der Waals surface area contributed by atoms with Gasteiger partial charge in [0.15, 0.2) is 0 Å². The molecule has 0 aromatic heterocycles. The summed E-state index contributed by atoms with van der Waals surface area (Å²) in [7, 11) is 0. The van der Waals surface area contributed by atoms with Gasteiger partial charge in [0, 0.05) is 0 Å². The molecule has 0 nitrogen and oxygen atoms in total. The van der Waals surface area contributed by atoms with Gasteiger partial charge in [0.25, 0.3) is 0 Å². The fourth-order valence-corrected chi connectivity index (χ4v) is 5.15. The van der Waals surface area contributed by atoms with Gasteiger partial charge in [-0.25, -0.2) is 0 Å². The molecule has 1 saturated carbocycles. The minimum absolute atomic E-state index is 0.801. The van der Waals surface area contributed by atoms with Gasteiger partial charge in [-0.1, -0.05) is 67.3 Å². The van der Waals surface area contributed by atoms with Crippen LogP contribution < -0.4 is 0 Å². The minimum atomic E-state index is 0.801. The van der Waals surface area contributed by atoms with Crippen molar-refractivity contribution in [2.24, 2.45) is 0 Å². The Balaban J connectivity index is 1.59. The van der Waals surface area contributed by atoms with Crippen molar-refractivity contribution in [1.82, 2.24) is 0 Å². The van der Waals surface area contributed by atoms with Crippen molar-refractivity contribution in [2.45, 2.75) is 63.7 Å². The predicted molar refractivity (Wildman–Crippen MR) is 103 cm³/mol. The summed E-state index contributed by atoms with van der Waals surface area (Å²) in [6, 6.07) is 12.1. The van der Waals surface area contributed by atoms with Gasteiger partial charge < -0.3 is 0 Å². The van der Waals surface area contributed by atoms with Gasteiger partial charge in [-0.05, 0) is 77.5 Å². The van der Waals surface area contributed by atoms with E-state index in [0.717, 1.165) is 5.92 Å². The average Bonchev–Trinajstić information content (AvgIpc) is 2.67. The second-order valence-corrected chi connectivity index (χ2v) is 7.87. The third-order valence-corrected chi connectivity index (χ3v) is 6.48. The molecule has 24 heavy (non-hydrogen) atoms. The number of fused-ring (bicyclic) bond motifs is 4. The first-order valence-electron chi connectivity index (χ1n) is 9.84. The van der Waals surface area contributed by atoms with Crippen LogP contribution in [0.25, 0.3) is 16.3 Å². The summed E-state index contributed by atoms with van der Waals surface area (Å²) < 4.78 is 0. The molecule has 3 aliphatic rings. The van der Waals surface area contributed by atoms with Crippen LogP contribution in [-0.4, -0.2) is 0 Å². The zero-order chi connectivity index (χ0) is 15.9. The lowest BCUT2D eigenvalue weighted by molar-refractivity contribution is 0.444. The molecule has 0 heterocycles. The highest BCUT2D eigenvalue weighted by Crippen LogP contribution is 2.41. The smallest absolute Gasteiger partial charge is 0.0145 e. The fraction of sp³-hybridized carbons (Fsp3) is 0.417. The summed E-state index contributed by atoms with van der Waals surface area (Å²) in [5.74, 6) is 0.801. The summed E-state index contributed by atoms with van der Waals surface area (Å²) >= 11 is 0. The van der Waals surface area contributed by atoms with Crippen LogP contribution in [0.3, 0.4) is 0 Å². The number of aryl methyl sites for hydroxylation is 1. The monoisotopic (exact) mass is 314 g/mol. The molecule has 0 radical (unpaired) electrons. The van der Waals surface area contributed by atoms with Crippen LogP contribution in [0.15, 0.2) is 48.1 Å². The van der Waals surface area contributed by atoms with Crippen molar-refractivity contribution >= 4 is 16.3 Å². The fourth-order valence-electron chi connectivity index (χ4n) is 5.15. The number of rotatable bonds is 1. The third kappa shape index (κ3) is 2.35. The predicted octanol–water partition coefficient (Wildman–Crippen LogP) is 6.94. The minimum Gasteiger partial charge on any atom is -0.0836 e. The van der Waals surface area contributed by atoms with Gasteiger partial charge in [-0.2, -0.15) is 0 Å². The average molecular weight is 314 g/mol. The molecule has 0 spiro atoms. The molecule has 2 aromatic rings. The van der Waals surface area contributed by atoms with Gasteiger partial charge in [-0.3, -0.25) is 0 Å². The normalized spacial score (nSPS) is 21.0. The summed E-state index contributed by atoms with van der Waals surface area (Å²) in [5, 5.41) is 2.96. The van der Waals surface area contributed by atoms with E-state index in [2.05, 4.69) is 42.5 Å². The van der Waals surface area contributed by atoms with Gasteiger partial charge in [0.2, 0.25) is 0 Å². The maximum atomic E-state index is 2.49. The Morgan fingerprint density at radius 3 is 2.67 bits per heavy atom. The lowest BCUT2D eigenvalue weighted by Gasteiger charge is -2.26. The number of allylic oxidation sites excluding steroid dienone is 4. The Hall–Kier alpha value is -1.82. The molecule has 0 bridgehead atoms. The topological polar surface area (TPSA) is 0 Å². The molecule has 0 N–H and O–H groups in total. The van der Waals surface area contributed by atoms with E-state index < -0.39 is 0 Å². The molecule has 0 aliphatic heterocycles. The zero-order valence-electron chi connectivity index (χ0n) is 14.5. The molecule has 0 atom stereocenters. The van der Waals surface area contributed by atoms with Gasteiger partial charge in [-0.15, -0.1) is 0 Å². The SMILES string of the molecule is C1=CC2=C(CC1)CCc1c2ccc2cc(C3CCCCC3)ccc12. The second-order valence-electron chi connectivity index (χ2n) is 7.87. The first kappa shape index (κ1) is 14.5. The molecular formula is C24H26. The molecule has 0 heteroatoms. The van der Waals surface area contributed by atoms with Crippen LogP contribution in [0.1, 0.15) is 74.0 Å². The summed E-state index contributed by atoms with van der Waals surface area (Å²) in [6.45, 7) is 0. The number of benzene rings is 2. The summed E-state index contributed by atoms with van der Waals surface area (Å²) in [5.41, 5.74) is 7.89. The highest BCUT2D eigenvalue weighted by Gasteiger charge is 2.21. The maximum absolute atomic E-state index is 2.49. The third-order valence-electron chi connectivity index (χ3n) is 6.48. The first-order chi connectivity index (χ1) is 11.9. The first-order valence-corrected chi connectivity index (χ1v) is 9.84. The summed E-state index contributed by atoms with van der Waals surface area (Å²) in [4.78, 5) is 0. The van der Waals surface area contributed by atoms with Crippen LogP contribution in [0, 0.1) is 0 Å². The Morgan fingerprint density at radius 1 is 0.833 bits per heavy atom. The van der Waals surface area contributed by atoms with Crippen molar-refractivity contribution in [2.75, 3.05) is 0 Å². The van der Waals surface area contributed by atoms with E-state index in [4.69, 9.17) is 0 Å². The van der Waals surface area contributed by atoms with Gasteiger partial charge >= 0.3 is 0 Å². The molecular weight excluding hydrogens is 288 g/mol. The Labute approximate surface area is 145 Å². The molecule has 1 fully saturated rings. The van der Waals surface area contributed by atoms with Crippen LogP contribution in [0.5, 0.6) is 0 Å². The standard InChI is InChI=1S/C24H26/c1-2-6-17(7-3-1)19-11-13-22-20(16-19)12-15-23-21-9-5-4-8-18(21)10-14-24(22)23/h5,9,11-13,15-17H,1-4,6-8,10,14H2. The van der Waals surface area contributed by atoms with Crippen molar-refractivity contribution in [1.29, 1.82) is 0 Å². The van der Waals surface area contributed by atoms with Crippen molar-refractivity contribution in [3.63, 3.8) is 0 Å². The lowest BCUT2D eigenvalue weighted by atomic mass is 9.78. The Morgan fingerprint density at radius 2 is 1.75 bits per heavy atom. The van der Waals surface area contributed by atoms with Gasteiger partial charge in [0.1, 0.15) is 0 Å². The molecule has 0 amide bonds. The van der Waals surface area contributed by atoms with Crippen LogP contribution in [-0.2, 0) is 6.42 Å². The molecule has 0 saturated heterocycles. The van der Waals surface area contributed by atoms with E-state index in [1.165, 1.54) is 79.7 Å². The summed E-state index contributed by atoms with van der Waals surface area (Å²) in [6.07, 6.45) is 16.7.